The third-order valence-electron chi connectivity index (χ3n) is 6.02. The molecule has 1 aromatic heterocycles. The predicted octanol–water partition coefficient (Wildman–Crippen LogP) is 3.22. The fraction of sp³-hybridized carbons (Fsp3) is 0.458. The van der Waals surface area contributed by atoms with Crippen molar-refractivity contribution >= 4 is 39.4 Å². The zero-order chi connectivity index (χ0) is 23.5. The van der Waals surface area contributed by atoms with Crippen molar-refractivity contribution in [2.45, 2.75) is 25.8 Å². The SMILES string of the molecule is C=CCOC(=O)c1cn(C2CC2)c2cc(N3CCN(CCSC(C)=O)CC3)c(F)cc2c1=O. The number of carbonyl (C=O) groups is 2. The number of aromatic nitrogens is 1. The van der Waals surface area contributed by atoms with Crippen LogP contribution in [-0.4, -0.2) is 65.6 Å². The van der Waals surface area contributed by atoms with Crippen molar-refractivity contribution in [1.82, 2.24) is 9.47 Å². The van der Waals surface area contributed by atoms with Gasteiger partial charge in [-0.3, -0.25) is 14.5 Å². The van der Waals surface area contributed by atoms with Gasteiger partial charge in [-0.05, 0) is 25.0 Å². The number of nitrogens with zero attached hydrogens (tertiary/aromatic N) is 3. The van der Waals surface area contributed by atoms with E-state index in [1.165, 1.54) is 23.9 Å². The molecule has 2 fully saturated rings. The van der Waals surface area contributed by atoms with Crippen molar-refractivity contribution in [3.05, 3.63) is 52.6 Å². The van der Waals surface area contributed by atoms with Gasteiger partial charge in [0.1, 0.15) is 18.0 Å². The molecule has 2 heterocycles. The lowest BCUT2D eigenvalue weighted by atomic mass is 10.1. The highest BCUT2D eigenvalue weighted by Crippen LogP contribution is 2.38. The number of hydrogen-bond acceptors (Lipinski definition) is 7. The number of piperazine rings is 1. The highest BCUT2D eigenvalue weighted by atomic mass is 32.2. The normalized spacial score (nSPS) is 16.7. The van der Waals surface area contributed by atoms with E-state index in [-0.39, 0.29) is 28.7 Å². The molecule has 0 bridgehead atoms. The number of esters is 1. The summed E-state index contributed by atoms with van der Waals surface area (Å²) >= 11 is 1.32. The first-order valence-electron chi connectivity index (χ1n) is 11.2. The number of ether oxygens (including phenoxy) is 1. The average Bonchev–Trinajstić information content (AvgIpc) is 3.63. The van der Waals surface area contributed by atoms with Crippen molar-refractivity contribution in [3.63, 3.8) is 0 Å². The van der Waals surface area contributed by atoms with Crippen LogP contribution in [0.3, 0.4) is 0 Å². The zero-order valence-electron chi connectivity index (χ0n) is 18.7. The summed E-state index contributed by atoms with van der Waals surface area (Å²) in [6, 6.07) is 3.18. The number of pyridine rings is 1. The van der Waals surface area contributed by atoms with Crippen LogP contribution in [0.5, 0.6) is 0 Å². The van der Waals surface area contributed by atoms with Gasteiger partial charge in [0.2, 0.25) is 5.43 Å². The van der Waals surface area contributed by atoms with Crippen LogP contribution in [0.1, 0.15) is 36.2 Å². The summed E-state index contributed by atoms with van der Waals surface area (Å²) in [4.78, 5) is 40.8. The van der Waals surface area contributed by atoms with Crippen LogP contribution in [0.4, 0.5) is 10.1 Å². The highest BCUT2D eigenvalue weighted by Gasteiger charge is 2.29. The van der Waals surface area contributed by atoms with Gasteiger partial charge in [-0.15, -0.1) is 0 Å². The number of hydrogen-bond donors (Lipinski definition) is 0. The molecule has 176 valence electrons. The van der Waals surface area contributed by atoms with Gasteiger partial charge >= 0.3 is 5.97 Å². The molecule has 9 heteroatoms. The summed E-state index contributed by atoms with van der Waals surface area (Å²) in [6.45, 7) is 8.79. The maximum Gasteiger partial charge on any atom is 0.343 e. The van der Waals surface area contributed by atoms with Gasteiger partial charge in [0.25, 0.3) is 0 Å². The van der Waals surface area contributed by atoms with E-state index in [0.717, 1.165) is 38.2 Å². The summed E-state index contributed by atoms with van der Waals surface area (Å²) in [5, 5.41) is 0.307. The van der Waals surface area contributed by atoms with Crippen LogP contribution in [0.25, 0.3) is 10.9 Å². The van der Waals surface area contributed by atoms with E-state index >= 15 is 4.39 Å². The summed E-state index contributed by atoms with van der Waals surface area (Å²) in [6.07, 6.45) is 4.89. The van der Waals surface area contributed by atoms with Crippen LogP contribution in [0.2, 0.25) is 0 Å². The van der Waals surface area contributed by atoms with E-state index < -0.39 is 17.2 Å². The quantitative estimate of drug-likeness (QED) is 0.431. The van der Waals surface area contributed by atoms with Crippen molar-refractivity contribution in [1.29, 1.82) is 0 Å². The summed E-state index contributed by atoms with van der Waals surface area (Å²) in [5.74, 6) is -0.441. The molecule has 0 amide bonds. The largest absolute Gasteiger partial charge is 0.458 e. The minimum Gasteiger partial charge on any atom is -0.458 e. The molecule has 0 radical (unpaired) electrons. The Morgan fingerprint density at radius 3 is 2.61 bits per heavy atom. The Morgan fingerprint density at radius 1 is 1.24 bits per heavy atom. The first-order valence-corrected chi connectivity index (χ1v) is 12.1. The molecule has 7 nitrogen and oxygen atoms in total. The van der Waals surface area contributed by atoms with Gasteiger partial charge in [0, 0.05) is 63.0 Å². The second-order valence-corrected chi connectivity index (χ2v) is 9.66. The maximum atomic E-state index is 15.2. The number of benzene rings is 1. The Kier molecular flexibility index (Phi) is 7.19. The lowest BCUT2D eigenvalue weighted by Gasteiger charge is -2.36. The number of fused-ring (bicyclic) bond motifs is 1. The Hall–Kier alpha value is -2.65. The lowest BCUT2D eigenvalue weighted by Crippen LogP contribution is -2.47. The van der Waals surface area contributed by atoms with Crippen molar-refractivity contribution in [2.24, 2.45) is 0 Å². The molecule has 2 aromatic rings. The molecular weight excluding hydrogens is 445 g/mol. The molecule has 33 heavy (non-hydrogen) atoms. The second-order valence-electron chi connectivity index (χ2n) is 8.39. The summed E-state index contributed by atoms with van der Waals surface area (Å²) < 4.78 is 22.2. The molecule has 4 rings (SSSR count). The molecule has 1 saturated carbocycles. The number of anilines is 1. The van der Waals surface area contributed by atoms with E-state index in [1.54, 1.807) is 19.2 Å². The van der Waals surface area contributed by atoms with E-state index in [4.69, 9.17) is 4.74 Å². The van der Waals surface area contributed by atoms with Gasteiger partial charge in [0.15, 0.2) is 5.12 Å². The fourth-order valence-corrected chi connectivity index (χ4v) is 4.78. The van der Waals surface area contributed by atoms with Crippen LogP contribution < -0.4 is 10.3 Å². The number of halogens is 1. The number of rotatable bonds is 8. The van der Waals surface area contributed by atoms with Crippen LogP contribution in [-0.2, 0) is 9.53 Å². The van der Waals surface area contributed by atoms with Gasteiger partial charge in [-0.2, -0.15) is 0 Å². The topological polar surface area (TPSA) is 71.8 Å². The van der Waals surface area contributed by atoms with Crippen molar-refractivity contribution in [2.75, 3.05) is 50.0 Å². The third-order valence-corrected chi connectivity index (χ3v) is 6.81. The zero-order valence-corrected chi connectivity index (χ0v) is 19.5. The molecule has 1 saturated heterocycles. The molecule has 2 aliphatic rings. The lowest BCUT2D eigenvalue weighted by molar-refractivity contribution is -0.109. The molecule has 0 atom stereocenters. The van der Waals surface area contributed by atoms with Crippen LogP contribution >= 0.6 is 11.8 Å². The van der Waals surface area contributed by atoms with E-state index in [9.17, 15) is 14.4 Å². The Balaban J connectivity index is 1.60. The van der Waals surface area contributed by atoms with Crippen LogP contribution in [0.15, 0.2) is 35.8 Å². The molecule has 1 aliphatic heterocycles. The van der Waals surface area contributed by atoms with E-state index in [0.29, 0.717) is 24.3 Å². The molecule has 0 N–H and O–H groups in total. The van der Waals surface area contributed by atoms with Gasteiger partial charge in [-0.1, -0.05) is 24.4 Å². The maximum absolute atomic E-state index is 15.2. The third kappa shape index (κ3) is 5.30. The Labute approximate surface area is 196 Å². The molecule has 1 aromatic carbocycles. The first kappa shape index (κ1) is 23.5. The van der Waals surface area contributed by atoms with Gasteiger partial charge < -0.3 is 14.2 Å². The summed E-state index contributed by atoms with van der Waals surface area (Å²) in [5.41, 5.74) is 0.505. The van der Waals surface area contributed by atoms with Crippen molar-refractivity contribution < 1.29 is 18.7 Å². The van der Waals surface area contributed by atoms with Gasteiger partial charge in [-0.25, -0.2) is 9.18 Å². The number of carbonyl (C=O) groups excluding carboxylic acids is 2. The van der Waals surface area contributed by atoms with E-state index in [2.05, 4.69) is 11.5 Å². The average molecular weight is 474 g/mol. The van der Waals surface area contributed by atoms with Gasteiger partial charge in [0.05, 0.1) is 11.2 Å². The monoisotopic (exact) mass is 473 g/mol. The standard InChI is InChI=1S/C24H28FN3O4S/c1-3-11-32-24(31)19-15-28(17-4-5-17)21-14-22(20(25)13-18(21)23(19)30)27-8-6-26(7-9-27)10-12-33-16(2)29/h3,13-15,17H,1,4-12H2,2H3. The van der Waals surface area contributed by atoms with Crippen molar-refractivity contribution in [3.8, 4) is 0 Å². The first-order chi connectivity index (χ1) is 15.9. The predicted molar refractivity (Wildman–Crippen MR) is 129 cm³/mol. The van der Waals surface area contributed by atoms with Crippen LogP contribution in [0, 0.1) is 5.82 Å². The highest BCUT2D eigenvalue weighted by molar-refractivity contribution is 8.13. The smallest absolute Gasteiger partial charge is 0.343 e. The minimum atomic E-state index is -0.722. The Morgan fingerprint density at radius 2 is 1.97 bits per heavy atom. The minimum absolute atomic E-state index is 0.00640. The Bertz CT molecular complexity index is 1140. The van der Waals surface area contributed by atoms with E-state index in [1.807, 2.05) is 9.47 Å². The number of thioether (sulfide) groups is 1. The molecule has 1 aliphatic carbocycles. The molecule has 0 unspecified atom stereocenters. The molecule has 0 spiro atoms. The fourth-order valence-electron chi connectivity index (χ4n) is 4.14. The second kappa shape index (κ2) is 10.1. The summed E-state index contributed by atoms with van der Waals surface area (Å²) in [7, 11) is 0. The molecular formula is C24H28FN3O4S.